The van der Waals surface area contributed by atoms with E-state index >= 15 is 0 Å². The molecule has 0 aromatic carbocycles. The van der Waals surface area contributed by atoms with Crippen LogP contribution >= 0.6 is 0 Å². The quantitative estimate of drug-likeness (QED) is 0.518. The molecule has 5 nitrogen and oxygen atoms in total. The van der Waals surface area contributed by atoms with Gasteiger partial charge in [0, 0.05) is 19.0 Å². The van der Waals surface area contributed by atoms with Gasteiger partial charge in [-0.3, -0.25) is 0 Å². The van der Waals surface area contributed by atoms with E-state index in [1.807, 2.05) is 29.8 Å². The lowest BCUT2D eigenvalue weighted by molar-refractivity contribution is 0.142. The van der Waals surface area contributed by atoms with E-state index in [0.29, 0.717) is 18.4 Å². The first kappa shape index (κ1) is 21.2. The van der Waals surface area contributed by atoms with E-state index in [1.54, 1.807) is 14.2 Å². The van der Waals surface area contributed by atoms with E-state index in [0.717, 1.165) is 45.5 Å². The smallest absolute Gasteiger partial charge is 0.222 e. The lowest BCUT2D eigenvalue weighted by Gasteiger charge is -2.17. The van der Waals surface area contributed by atoms with Crippen LogP contribution in [0.1, 0.15) is 49.6 Å². The molecule has 0 bridgehead atoms. The van der Waals surface area contributed by atoms with Gasteiger partial charge < -0.3 is 14.0 Å². The van der Waals surface area contributed by atoms with Crippen LogP contribution in [0.15, 0.2) is 24.4 Å². The molecule has 6 heteroatoms. The third-order valence-electron chi connectivity index (χ3n) is 5.30. The highest BCUT2D eigenvalue weighted by atomic mass is 19.1. The molecule has 3 heterocycles. The van der Waals surface area contributed by atoms with Crippen molar-refractivity contribution in [1.82, 2.24) is 14.5 Å². The average Bonchev–Trinajstić information content (AvgIpc) is 3.05. The fourth-order valence-corrected chi connectivity index (χ4v) is 3.68. The zero-order chi connectivity index (χ0) is 21.1. The molecule has 156 valence electrons. The molecule has 1 atom stereocenters. The molecule has 0 N–H and O–H groups in total. The van der Waals surface area contributed by atoms with Gasteiger partial charge in [-0.05, 0) is 48.6 Å². The number of hydrogen-bond donors (Lipinski definition) is 0. The highest BCUT2D eigenvalue weighted by Crippen LogP contribution is 2.35. The van der Waals surface area contributed by atoms with Gasteiger partial charge >= 0.3 is 0 Å². The monoisotopic (exact) mass is 399 g/mol. The van der Waals surface area contributed by atoms with Crippen molar-refractivity contribution in [2.45, 2.75) is 46.1 Å². The fraction of sp³-hybridized carbons (Fsp3) is 0.478. The zero-order valence-electron chi connectivity index (χ0n) is 18.1. The van der Waals surface area contributed by atoms with Crippen molar-refractivity contribution in [3.8, 4) is 17.1 Å². The second kappa shape index (κ2) is 8.91. The summed E-state index contributed by atoms with van der Waals surface area (Å²) in [5.74, 6) is 0.893. The van der Waals surface area contributed by atoms with Gasteiger partial charge in [-0.15, -0.1) is 0 Å². The second-order valence-electron chi connectivity index (χ2n) is 7.65. The number of alkyl halides is 1. The minimum atomic E-state index is -0.491. The molecule has 0 radical (unpaired) electrons. The van der Waals surface area contributed by atoms with E-state index in [1.165, 1.54) is 0 Å². The number of pyridine rings is 2. The van der Waals surface area contributed by atoms with Crippen LogP contribution in [0.3, 0.4) is 0 Å². The average molecular weight is 400 g/mol. The number of aromatic nitrogens is 3. The maximum absolute atomic E-state index is 13.6. The summed E-state index contributed by atoms with van der Waals surface area (Å²) in [6.45, 7) is 8.14. The first-order valence-electron chi connectivity index (χ1n) is 10.1. The third-order valence-corrected chi connectivity index (χ3v) is 5.30. The summed E-state index contributed by atoms with van der Waals surface area (Å²) >= 11 is 0. The van der Waals surface area contributed by atoms with Crippen LogP contribution < -0.4 is 4.74 Å². The Hall–Kier alpha value is -2.47. The van der Waals surface area contributed by atoms with Crippen LogP contribution in [0, 0.1) is 6.92 Å². The second-order valence-corrected chi connectivity index (χ2v) is 7.65. The van der Waals surface area contributed by atoms with Crippen LogP contribution in [0.4, 0.5) is 4.39 Å². The van der Waals surface area contributed by atoms with Crippen molar-refractivity contribution in [1.29, 1.82) is 0 Å². The maximum Gasteiger partial charge on any atom is 0.222 e. The Morgan fingerprint density at radius 1 is 1.17 bits per heavy atom. The van der Waals surface area contributed by atoms with E-state index in [9.17, 15) is 4.39 Å². The van der Waals surface area contributed by atoms with Gasteiger partial charge in [0.1, 0.15) is 6.67 Å². The molecular weight excluding hydrogens is 369 g/mol. The van der Waals surface area contributed by atoms with Crippen molar-refractivity contribution in [2.24, 2.45) is 0 Å². The van der Waals surface area contributed by atoms with Gasteiger partial charge in [0.15, 0.2) is 0 Å². The summed E-state index contributed by atoms with van der Waals surface area (Å²) in [5.41, 5.74) is 6.59. The Morgan fingerprint density at radius 2 is 1.93 bits per heavy atom. The maximum atomic E-state index is 13.6. The van der Waals surface area contributed by atoms with E-state index < -0.39 is 6.67 Å². The molecule has 0 aliphatic heterocycles. The molecule has 1 unspecified atom stereocenters. The van der Waals surface area contributed by atoms with Crippen LogP contribution in [0.2, 0.25) is 0 Å². The zero-order valence-corrected chi connectivity index (χ0v) is 18.1. The van der Waals surface area contributed by atoms with Gasteiger partial charge in [0.25, 0.3) is 0 Å². The molecule has 0 saturated carbocycles. The summed E-state index contributed by atoms with van der Waals surface area (Å²) in [7, 11) is 3.23. The highest BCUT2D eigenvalue weighted by Gasteiger charge is 2.20. The largest absolute Gasteiger partial charge is 0.480 e. The Bertz CT molecular complexity index is 997. The first-order chi connectivity index (χ1) is 13.9. The molecule has 3 aromatic rings. The molecule has 3 rings (SSSR count). The van der Waals surface area contributed by atoms with Crippen molar-refractivity contribution >= 4 is 11.0 Å². The molecular formula is C23H30FN3O2. The van der Waals surface area contributed by atoms with E-state index in [2.05, 4.69) is 31.8 Å². The molecule has 0 aliphatic rings. The normalized spacial score (nSPS) is 12.7. The Morgan fingerprint density at radius 3 is 2.52 bits per heavy atom. The van der Waals surface area contributed by atoms with Crippen molar-refractivity contribution in [3.05, 3.63) is 41.2 Å². The number of halogens is 1. The van der Waals surface area contributed by atoms with Crippen molar-refractivity contribution in [2.75, 3.05) is 27.5 Å². The summed E-state index contributed by atoms with van der Waals surface area (Å²) < 4.78 is 26.4. The number of rotatable bonds is 8. The topological polar surface area (TPSA) is 49.2 Å². The lowest BCUT2D eigenvalue weighted by Crippen LogP contribution is -2.16. The number of methoxy groups -OCH3 is 2. The SMILES string of the molecule is CCc1cc2c(nc1-c1ccc(C(C)C)nc1OC)c(C)cn2C(CF)COC. The Balaban J connectivity index is 2.21. The van der Waals surface area contributed by atoms with Gasteiger partial charge in [-0.2, -0.15) is 0 Å². The number of aryl methyl sites for hydroxylation is 2. The summed E-state index contributed by atoms with van der Waals surface area (Å²) in [4.78, 5) is 9.67. The Labute approximate surface area is 171 Å². The lowest BCUT2D eigenvalue weighted by atomic mass is 10.0. The van der Waals surface area contributed by atoms with Gasteiger partial charge in [-0.25, -0.2) is 14.4 Å². The van der Waals surface area contributed by atoms with Crippen LogP contribution in [0.25, 0.3) is 22.3 Å². The molecule has 0 aliphatic carbocycles. The minimum absolute atomic E-state index is 0.314. The van der Waals surface area contributed by atoms with Crippen LogP contribution in [-0.2, 0) is 11.2 Å². The number of fused-ring (bicyclic) bond motifs is 1. The standard InChI is InChI=1S/C23H30FN3O2/c1-7-16-10-20-21(15(4)12-27(20)17(11-24)13-28-5)26-22(16)18-8-9-19(14(2)3)25-23(18)29-6/h8-10,12,14,17H,7,11,13H2,1-6H3. The molecule has 0 amide bonds. The summed E-state index contributed by atoms with van der Waals surface area (Å²) in [6, 6.07) is 5.81. The summed E-state index contributed by atoms with van der Waals surface area (Å²) in [6.07, 6.45) is 2.75. The van der Waals surface area contributed by atoms with E-state index in [4.69, 9.17) is 14.5 Å². The van der Waals surface area contributed by atoms with Gasteiger partial charge in [-0.1, -0.05) is 20.8 Å². The number of hydrogen-bond acceptors (Lipinski definition) is 4. The molecule has 29 heavy (non-hydrogen) atoms. The van der Waals surface area contributed by atoms with Crippen molar-refractivity contribution in [3.63, 3.8) is 0 Å². The first-order valence-corrected chi connectivity index (χ1v) is 10.1. The minimum Gasteiger partial charge on any atom is -0.480 e. The molecule has 0 saturated heterocycles. The van der Waals surface area contributed by atoms with Gasteiger partial charge in [0.05, 0.1) is 42.0 Å². The Kier molecular flexibility index (Phi) is 6.52. The van der Waals surface area contributed by atoms with Crippen molar-refractivity contribution < 1.29 is 13.9 Å². The predicted octanol–water partition coefficient (Wildman–Crippen LogP) is 5.26. The highest BCUT2D eigenvalue weighted by molar-refractivity contribution is 5.85. The van der Waals surface area contributed by atoms with E-state index in [-0.39, 0.29) is 6.04 Å². The molecule has 3 aromatic heterocycles. The fourth-order valence-electron chi connectivity index (χ4n) is 3.68. The number of nitrogens with zero attached hydrogens (tertiary/aromatic N) is 3. The van der Waals surface area contributed by atoms with Crippen LogP contribution in [-0.4, -0.2) is 42.0 Å². The summed E-state index contributed by atoms with van der Waals surface area (Å²) in [5, 5.41) is 0. The predicted molar refractivity (Wildman–Crippen MR) is 115 cm³/mol. The number of ether oxygens (including phenoxy) is 2. The molecule has 0 fully saturated rings. The molecule has 0 spiro atoms. The third kappa shape index (κ3) is 3.99. The van der Waals surface area contributed by atoms with Gasteiger partial charge in [0.2, 0.25) is 5.88 Å². The van der Waals surface area contributed by atoms with Crippen LogP contribution in [0.5, 0.6) is 5.88 Å².